The van der Waals surface area contributed by atoms with Crippen molar-refractivity contribution in [3.05, 3.63) is 92.4 Å². The van der Waals surface area contributed by atoms with Gasteiger partial charge in [0.25, 0.3) is 0 Å². The summed E-state index contributed by atoms with van der Waals surface area (Å²) in [7, 11) is 0. The van der Waals surface area contributed by atoms with Gasteiger partial charge in [0, 0.05) is 38.7 Å². The Morgan fingerprint density at radius 1 is 0.872 bits per heavy atom. The highest BCUT2D eigenvalue weighted by atomic mass is 35.5. The van der Waals surface area contributed by atoms with Crippen LogP contribution in [0.5, 0.6) is 5.75 Å². The van der Waals surface area contributed by atoms with Gasteiger partial charge >= 0.3 is 0 Å². The van der Waals surface area contributed by atoms with Crippen LogP contribution in [0.25, 0.3) is 0 Å². The zero-order valence-electron chi connectivity index (χ0n) is 20.9. The lowest BCUT2D eigenvalue weighted by Crippen LogP contribution is -2.57. The van der Waals surface area contributed by atoms with E-state index in [9.17, 15) is 14.7 Å². The molecule has 39 heavy (non-hydrogen) atoms. The first-order chi connectivity index (χ1) is 18.8. The fourth-order valence-corrected chi connectivity index (χ4v) is 7.02. The summed E-state index contributed by atoms with van der Waals surface area (Å²) in [4.78, 5) is 27.6. The topological polar surface area (TPSA) is 87.7 Å². The number of benzene rings is 3. The van der Waals surface area contributed by atoms with E-state index in [1.807, 2.05) is 24.3 Å². The van der Waals surface area contributed by atoms with Crippen molar-refractivity contribution < 1.29 is 19.4 Å². The first-order valence-corrected chi connectivity index (χ1v) is 14.2. The molecule has 2 aliphatic heterocycles. The number of hydrogen-bond donors (Lipinski definition) is 3. The van der Waals surface area contributed by atoms with Crippen molar-refractivity contribution >= 4 is 52.3 Å². The highest BCUT2D eigenvalue weighted by Crippen LogP contribution is 2.58. The van der Waals surface area contributed by atoms with Crippen LogP contribution in [0.4, 0.5) is 5.69 Å². The Bertz CT molecular complexity index is 1460. The highest BCUT2D eigenvalue weighted by molar-refractivity contribution is 6.31. The maximum absolute atomic E-state index is 14.3. The van der Waals surface area contributed by atoms with Crippen LogP contribution >= 0.6 is 34.8 Å². The molecule has 2 heterocycles. The van der Waals surface area contributed by atoms with Crippen LogP contribution in [-0.2, 0) is 15.0 Å². The molecule has 9 heteroatoms. The van der Waals surface area contributed by atoms with Gasteiger partial charge in [0.15, 0.2) is 0 Å². The first-order valence-electron chi connectivity index (χ1n) is 13.1. The highest BCUT2D eigenvalue weighted by Gasteiger charge is 2.61. The Labute approximate surface area is 241 Å². The van der Waals surface area contributed by atoms with E-state index >= 15 is 0 Å². The molecule has 3 N–H and O–H groups in total. The zero-order valence-corrected chi connectivity index (χ0v) is 23.2. The molecule has 1 saturated heterocycles. The van der Waals surface area contributed by atoms with E-state index in [0.717, 1.165) is 11.1 Å². The average molecular weight is 586 g/mol. The van der Waals surface area contributed by atoms with Crippen LogP contribution in [0.15, 0.2) is 60.7 Å². The Morgan fingerprint density at radius 3 is 2.36 bits per heavy atom. The second-order valence-corrected chi connectivity index (χ2v) is 11.9. The predicted octanol–water partition coefficient (Wildman–Crippen LogP) is 6.56. The fraction of sp³-hybridized carbons (Fsp3) is 0.333. The molecule has 0 radical (unpaired) electrons. The molecule has 0 aromatic heterocycles. The molecule has 3 aliphatic rings. The smallest absolute Gasteiger partial charge is 0.238 e. The molecule has 2 fully saturated rings. The first kappa shape index (κ1) is 26.5. The van der Waals surface area contributed by atoms with Crippen LogP contribution in [0.1, 0.15) is 60.8 Å². The molecular formula is C30H27Cl3N2O4. The maximum Gasteiger partial charge on any atom is 0.238 e. The van der Waals surface area contributed by atoms with E-state index in [1.165, 1.54) is 0 Å². The van der Waals surface area contributed by atoms with Crippen molar-refractivity contribution in [3.8, 4) is 5.75 Å². The van der Waals surface area contributed by atoms with E-state index in [0.29, 0.717) is 57.8 Å². The van der Waals surface area contributed by atoms with Crippen LogP contribution in [0, 0.1) is 0 Å². The van der Waals surface area contributed by atoms with Gasteiger partial charge in [0.05, 0.1) is 18.2 Å². The predicted molar refractivity (Wildman–Crippen MR) is 152 cm³/mol. The molecule has 1 aliphatic carbocycles. The normalized spacial score (nSPS) is 28.1. The summed E-state index contributed by atoms with van der Waals surface area (Å²) < 4.78 is 6.49. The molecule has 2 amide bonds. The minimum absolute atomic E-state index is 0.0869. The van der Waals surface area contributed by atoms with Gasteiger partial charge in [0.2, 0.25) is 11.8 Å². The Kier molecular flexibility index (Phi) is 7.00. The number of carbonyl (C=O) groups is 2. The lowest BCUT2D eigenvalue weighted by atomic mass is 9.59. The SMILES string of the molecule is O=C1C[C@@H](c2cccc(Cl)c2)[C@]2(C(=O)Nc3cc(Cl)ccc32)[C@@H](c2cc(Cl)ccc2O[C@H]2CC[C@@H](O)CC2)N1. The van der Waals surface area contributed by atoms with E-state index < -0.39 is 17.4 Å². The molecule has 0 unspecified atom stereocenters. The monoisotopic (exact) mass is 584 g/mol. The Hall–Kier alpha value is -2.77. The van der Waals surface area contributed by atoms with E-state index in [1.54, 1.807) is 36.4 Å². The van der Waals surface area contributed by atoms with Crippen molar-refractivity contribution in [2.45, 2.75) is 61.7 Å². The third-order valence-electron chi connectivity index (χ3n) is 8.22. The third kappa shape index (κ3) is 4.67. The van der Waals surface area contributed by atoms with Gasteiger partial charge in [-0.2, -0.15) is 0 Å². The zero-order chi connectivity index (χ0) is 27.3. The lowest BCUT2D eigenvalue weighted by molar-refractivity contribution is -0.131. The van der Waals surface area contributed by atoms with Crippen LogP contribution in [0.2, 0.25) is 15.1 Å². The number of fused-ring (bicyclic) bond motifs is 2. The molecular weight excluding hydrogens is 559 g/mol. The average Bonchev–Trinajstić information content (AvgIpc) is 3.18. The van der Waals surface area contributed by atoms with Crippen molar-refractivity contribution in [3.63, 3.8) is 0 Å². The number of aliphatic hydroxyl groups excluding tert-OH is 1. The number of anilines is 1. The van der Waals surface area contributed by atoms with Crippen molar-refractivity contribution in [1.29, 1.82) is 0 Å². The summed E-state index contributed by atoms with van der Waals surface area (Å²) in [5.74, 6) is -0.430. The molecule has 202 valence electrons. The maximum atomic E-state index is 14.3. The number of piperidine rings is 1. The molecule has 3 aromatic rings. The number of amides is 2. The number of ether oxygens (including phenoxy) is 1. The summed E-state index contributed by atoms with van der Waals surface area (Å²) in [6.45, 7) is 0. The Balaban J connectivity index is 1.55. The van der Waals surface area contributed by atoms with Gasteiger partial charge in [-0.25, -0.2) is 0 Å². The summed E-state index contributed by atoms with van der Waals surface area (Å²) in [6, 6.07) is 17.2. The summed E-state index contributed by atoms with van der Waals surface area (Å²) in [5.41, 5.74) is 1.51. The Morgan fingerprint density at radius 2 is 1.59 bits per heavy atom. The van der Waals surface area contributed by atoms with Gasteiger partial charge in [-0.3, -0.25) is 9.59 Å². The van der Waals surface area contributed by atoms with Crippen molar-refractivity contribution in [1.82, 2.24) is 5.32 Å². The molecule has 3 atom stereocenters. The number of aliphatic hydroxyl groups is 1. The van der Waals surface area contributed by atoms with Gasteiger partial charge in [0.1, 0.15) is 11.2 Å². The van der Waals surface area contributed by atoms with Gasteiger partial charge in [-0.15, -0.1) is 0 Å². The largest absolute Gasteiger partial charge is 0.490 e. The standard InChI is InChI=1S/C30H27Cl3N2O4/c31-17-3-1-2-16(12-17)24-15-27(37)35-28(30(24)23-10-4-19(33)14-25(23)34-29(30)38)22-13-18(32)5-11-26(22)39-21-8-6-20(36)7-9-21/h1-5,10-14,20-21,24,28,36H,6-9,15H2,(H,34,38)(H,35,37)/t20-,21+,24-,28+,30-/m0/s1. The molecule has 1 spiro atoms. The van der Waals surface area contributed by atoms with Crippen molar-refractivity contribution in [2.75, 3.05) is 5.32 Å². The summed E-state index contributed by atoms with van der Waals surface area (Å²) in [5, 5.41) is 17.6. The molecule has 1 saturated carbocycles. The van der Waals surface area contributed by atoms with E-state index in [-0.39, 0.29) is 30.4 Å². The molecule has 0 bridgehead atoms. The quantitative estimate of drug-likeness (QED) is 0.323. The van der Waals surface area contributed by atoms with Gasteiger partial charge < -0.3 is 20.5 Å². The molecule has 6 nitrogen and oxygen atoms in total. The van der Waals surface area contributed by atoms with Gasteiger partial charge in [-0.05, 0) is 79.3 Å². The summed E-state index contributed by atoms with van der Waals surface area (Å²) >= 11 is 19.2. The number of rotatable bonds is 4. The van der Waals surface area contributed by atoms with Crippen LogP contribution < -0.4 is 15.4 Å². The minimum Gasteiger partial charge on any atom is -0.490 e. The summed E-state index contributed by atoms with van der Waals surface area (Å²) in [6.07, 6.45) is 2.39. The van der Waals surface area contributed by atoms with Crippen LogP contribution in [-0.4, -0.2) is 29.1 Å². The van der Waals surface area contributed by atoms with E-state index in [4.69, 9.17) is 39.5 Å². The number of halogens is 3. The molecule has 6 rings (SSSR count). The van der Waals surface area contributed by atoms with Crippen LogP contribution in [0.3, 0.4) is 0 Å². The van der Waals surface area contributed by atoms with Gasteiger partial charge in [-0.1, -0.05) is 53.0 Å². The second-order valence-electron chi connectivity index (χ2n) is 10.6. The second kappa shape index (κ2) is 10.3. The minimum atomic E-state index is -1.23. The van der Waals surface area contributed by atoms with Crippen molar-refractivity contribution in [2.24, 2.45) is 0 Å². The van der Waals surface area contributed by atoms with E-state index in [2.05, 4.69) is 10.6 Å². The molecule has 3 aromatic carbocycles. The third-order valence-corrected chi connectivity index (χ3v) is 8.93. The lowest BCUT2D eigenvalue weighted by Gasteiger charge is -2.46. The number of hydrogen-bond acceptors (Lipinski definition) is 4. The fourth-order valence-electron chi connectivity index (χ4n) is 6.46. The number of nitrogens with one attached hydrogen (secondary N) is 2. The number of carbonyl (C=O) groups excluding carboxylic acids is 2.